The fraction of sp³-hybridized carbons (Fsp3) is 0.429. The summed E-state index contributed by atoms with van der Waals surface area (Å²) in [7, 11) is 1.46. The van der Waals surface area contributed by atoms with Crippen LogP contribution < -0.4 is 15.4 Å². The molecule has 0 unspecified atom stereocenters. The molecule has 1 atom stereocenters. The smallest absolute Gasteiger partial charge is 0.326 e. The summed E-state index contributed by atoms with van der Waals surface area (Å²) < 4.78 is 5.10. The molecule has 2 amide bonds. The molecular formula is C14H19ClN2O4. The third kappa shape index (κ3) is 4.82. The zero-order valence-corrected chi connectivity index (χ0v) is 13.1. The van der Waals surface area contributed by atoms with Gasteiger partial charge in [0, 0.05) is 5.02 Å². The number of hydrogen-bond acceptors (Lipinski definition) is 3. The monoisotopic (exact) mass is 314 g/mol. The molecule has 0 aromatic heterocycles. The van der Waals surface area contributed by atoms with E-state index in [-0.39, 0.29) is 0 Å². The van der Waals surface area contributed by atoms with Gasteiger partial charge in [0.25, 0.3) is 0 Å². The van der Waals surface area contributed by atoms with Crippen molar-refractivity contribution in [3.05, 3.63) is 23.2 Å². The lowest BCUT2D eigenvalue weighted by Crippen LogP contribution is -2.50. The quantitative estimate of drug-likeness (QED) is 0.797. The van der Waals surface area contributed by atoms with Gasteiger partial charge in [0.15, 0.2) is 0 Å². The third-order valence-corrected chi connectivity index (χ3v) is 3.03. The number of rotatable bonds is 4. The molecule has 0 aliphatic carbocycles. The maximum absolute atomic E-state index is 12.0. The lowest BCUT2D eigenvalue weighted by molar-refractivity contribution is -0.141. The lowest BCUT2D eigenvalue weighted by atomic mass is 9.87. The fourth-order valence-corrected chi connectivity index (χ4v) is 1.89. The van der Waals surface area contributed by atoms with Crippen molar-refractivity contribution in [3.63, 3.8) is 0 Å². The standard InChI is InChI=1S/C14H19ClN2O4/c1-14(2,3)11(12(18)19)17-13(20)16-9-7-8(15)5-6-10(9)21-4/h5-7,11H,1-4H3,(H,18,19)(H2,16,17,20)/t11-/m1/s1. The number of urea groups is 1. The highest BCUT2D eigenvalue weighted by Crippen LogP contribution is 2.27. The summed E-state index contributed by atoms with van der Waals surface area (Å²) in [5.74, 6) is -0.673. The van der Waals surface area contributed by atoms with E-state index in [1.54, 1.807) is 32.9 Å². The van der Waals surface area contributed by atoms with Gasteiger partial charge in [0.2, 0.25) is 0 Å². The van der Waals surface area contributed by atoms with Crippen molar-refractivity contribution in [1.29, 1.82) is 0 Å². The maximum Gasteiger partial charge on any atom is 0.326 e. The van der Waals surface area contributed by atoms with Crippen LogP contribution in [0.4, 0.5) is 10.5 Å². The van der Waals surface area contributed by atoms with Gasteiger partial charge in [-0.15, -0.1) is 0 Å². The van der Waals surface area contributed by atoms with E-state index in [0.717, 1.165) is 0 Å². The Morgan fingerprint density at radius 1 is 1.33 bits per heavy atom. The molecule has 0 spiro atoms. The van der Waals surface area contributed by atoms with Crippen molar-refractivity contribution in [2.75, 3.05) is 12.4 Å². The first-order valence-electron chi connectivity index (χ1n) is 6.29. The van der Waals surface area contributed by atoms with Crippen molar-refractivity contribution in [2.45, 2.75) is 26.8 Å². The predicted octanol–water partition coefficient (Wildman–Crippen LogP) is 2.97. The fourth-order valence-electron chi connectivity index (χ4n) is 1.72. The third-order valence-electron chi connectivity index (χ3n) is 2.80. The number of hydrogen-bond donors (Lipinski definition) is 3. The van der Waals surface area contributed by atoms with Crippen molar-refractivity contribution in [2.24, 2.45) is 5.41 Å². The van der Waals surface area contributed by atoms with Crippen LogP contribution in [-0.2, 0) is 4.79 Å². The van der Waals surface area contributed by atoms with Gasteiger partial charge in [-0.2, -0.15) is 0 Å². The molecule has 116 valence electrons. The molecule has 1 aromatic carbocycles. The molecule has 6 nitrogen and oxygen atoms in total. The Hall–Kier alpha value is -1.95. The number of nitrogens with one attached hydrogen (secondary N) is 2. The molecule has 3 N–H and O–H groups in total. The normalized spacial score (nSPS) is 12.4. The Bertz CT molecular complexity index is 540. The number of ether oxygens (including phenoxy) is 1. The topological polar surface area (TPSA) is 87.7 Å². The number of anilines is 1. The van der Waals surface area contributed by atoms with Crippen LogP contribution in [0, 0.1) is 5.41 Å². The van der Waals surface area contributed by atoms with Gasteiger partial charge in [-0.1, -0.05) is 32.4 Å². The Morgan fingerprint density at radius 2 is 1.95 bits per heavy atom. The highest BCUT2D eigenvalue weighted by atomic mass is 35.5. The van der Waals surface area contributed by atoms with Gasteiger partial charge in [0.05, 0.1) is 12.8 Å². The molecule has 0 aliphatic rings. The highest BCUT2D eigenvalue weighted by Gasteiger charge is 2.32. The summed E-state index contributed by atoms with van der Waals surface area (Å²) in [4.78, 5) is 23.2. The molecule has 21 heavy (non-hydrogen) atoms. The van der Waals surface area contributed by atoms with Gasteiger partial charge < -0.3 is 20.5 Å². The zero-order chi connectivity index (χ0) is 16.2. The van der Waals surface area contributed by atoms with Gasteiger partial charge in [-0.3, -0.25) is 0 Å². The SMILES string of the molecule is COc1ccc(Cl)cc1NC(=O)N[C@H](C(=O)O)C(C)(C)C. The number of amides is 2. The molecule has 0 saturated carbocycles. The van der Waals surface area contributed by atoms with Crippen LogP contribution in [-0.4, -0.2) is 30.3 Å². The molecule has 1 rings (SSSR count). The van der Waals surface area contributed by atoms with Crippen molar-refractivity contribution >= 4 is 29.3 Å². The van der Waals surface area contributed by atoms with Crippen molar-refractivity contribution in [1.82, 2.24) is 5.32 Å². The molecule has 0 fully saturated rings. The first kappa shape index (κ1) is 17.1. The van der Waals surface area contributed by atoms with E-state index in [1.807, 2.05) is 0 Å². The number of methoxy groups -OCH3 is 1. The number of carbonyl (C=O) groups excluding carboxylic acids is 1. The van der Waals surface area contributed by atoms with E-state index in [0.29, 0.717) is 16.5 Å². The number of carbonyl (C=O) groups is 2. The number of benzene rings is 1. The Kier molecular flexibility index (Phi) is 5.43. The van der Waals surface area contributed by atoms with E-state index in [2.05, 4.69) is 10.6 Å². The molecule has 7 heteroatoms. The average Bonchev–Trinajstić information content (AvgIpc) is 2.34. The Morgan fingerprint density at radius 3 is 2.43 bits per heavy atom. The van der Waals surface area contributed by atoms with E-state index in [1.165, 1.54) is 13.2 Å². The van der Waals surface area contributed by atoms with Crippen LogP contribution in [0.5, 0.6) is 5.75 Å². The van der Waals surface area contributed by atoms with Crippen LogP contribution >= 0.6 is 11.6 Å². The van der Waals surface area contributed by atoms with Gasteiger partial charge in [-0.25, -0.2) is 9.59 Å². The molecule has 0 aliphatic heterocycles. The molecule has 0 bridgehead atoms. The number of carboxylic acids is 1. The lowest BCUT2D eigenvalue weighted by Gasteiger charge is -2.27. The van der Waals surface area contributed by atoms with E-state index in [4.69, 9.17) is 16.3 Å². The van der Waals surface area contributed by atoms with E-state index in [9.17, 15) is 14.7 Å². The number of carboxylic acid groups (broad SMARTS) is 1. The van der Waals surface area contributed by atoms with Gasteiger partial charge in [-0.05, 0) is 23.6 Å². The molecule has 0 radical (unpaired) electrons. The van der Waals surface area contributed by atoms with Crippen LogP contribution in [0.3, 0.4) is 0 Å². The van der Waals surface area contributed by atoms with Crippen LogP contribution in [0.15, 0.2) is 18.2 Å². The molecule has 1 aromatic rings. The molecule has 0 heterocycles. The summed E-state index contributed by atoms with van der Waals surface area (Å²) in [6, 6.07) is 3.09. The second kappa shape index (κ2) is 6.67. The first-order chi connectivity index (χ1) is 9.65. The van der Waals surface area contributed by atoms with Crippen LogP contribution in [0.2, 0.25) is 5.02 Å². The second-order valence-electron chi connectivity index (χ2n) is 5.58. The van der Waals surface area contributed by atoms with E-state index < -0.39 is 23.5 Å². The van der Waals surface area contributed by atoms with Crippen LogP contribution in [0.1, 0.15) is 20.8 Å². The Labute approximate surface area is 128 Å². The number of aliphatic carboxylic acids is 1. The summed E-state index contributed by atoms with van der Waals surface area (Å²) in [6.07, 6.45) is 0. The minimum atomic E-state index is -1.10. The second-order valence-corrected chi connectivity index (χ2v) is 6.02. The molecule has 0 saturated heterocycles. The summed E-state index contributed by atoms with van der Waals surface area (Å²) >= 11 is 5.86. The average molecular weight is 315 g/mol. The summed E-state index contributed by atoms with van der Waals surface area (Å²) in [6.45, 7) is 5.18. The maximum atomic E-state index is 12.0. The molecular weight excluding hydrogens is 296 g/mol. The minimum Gasteiger partial charge on any atom is -0.495 e. The first-order valence-corrected chi connectivity index (χ1v) is 6.67. The Balaban J connectivity index is 2.86. The zero-order valence-electron chi connectivity index (χ0n) is 12.4. The van der Waals surface area contributed by atoms with Gasteiger partial charge >= 0.3 is 12.0 Å². The highest BCUT2D eigenvalue weighted by molar-refractivity contribution is 6.31. The van der Waals surface area contributed by atoms with E-state index >= 15 is 0 Å². The van der Waals surface area contributed by atoms with Gasteiger partial charge in [0.1, 0.15) is 11.8 Å². The van der Waals surface area contributed by atoms with Crippen molar-refractivity contribution in [3.8, 4) is 5.75 Å². The van der Waals surface area contributed by atoms with Crippen molar-refractivity contribution < 1.29 is 19.4 Å². The van der Waals surface area contributed by atoms with Crippen LogP contribution in [0.25, 0.3) is 0 Å². The number of halogens is 1. The largest absolute Gasteiger partial charge is 0.495 e. The summed E-state index contributed by atoms with van der Waals surface area (Å²) in [5.41, 5.74) is -0.262. The predicted molar refractivity (Wildman–Crippen MR) is 81.0 cm³/mol. The minimum absolute atomic E-state index is 0.362. The summed E-state index contributed by atoms with van der Waals surface area (Å²) in [5, 5.41) is 14.6.